The lowest BCUT2D eigenvalue weighted by molar-refractivity contribution is -0.136. The molecule has 3 aromatic rings. The van der Waals surface area contributed by atoms with Gasteiger partial charge in [-0.15, -0.1) is 0 Å². The van der Waals surface area contributed by atoms with Crippen molar-refractivity contribution in [2.45, 2.75) is 69.9 Å². The summed E-state index contributed by atoms with van der Waals surface area (Å²) < 4.78 is 5.74. The van der Waals surface area contributed by atoms with Crippen LogP contribution in [0.25, 0.3) is 0 Å². The van der Waals surface area contributed by atoms with Crippen LogP contribution in [0.4, 0.5) is 11.4 Å². The van der Waals surface area contributed by atoms with Crippen molar-refractivity contribution in [3.05, 3.63) is 88.5 Å². The lowest BCUT2D eigenvalue weighted by Crippen LogP contribution is -2.52. The Kier molecular flexibility index (Phi) is 9.82. The third-order valence-electron chi connectivity index (χ3n) is 13.5. The van der Waals surface area contributed by atoms with Crippen LogP contribution in [0.3, 0.4) is 0 Å². The number of fused-ring (bicyclic) bond motifs is 2. The van der Waals surface area contributed by atoms with Crippen LogP contribution >= 0.6 is 0 Å². The van der Waals surface area contributed by atoms with Gasteiger partial charge < -0.3 is 24.5 Å². The van der Waals surface area contributed by atoms with E-state index >= 15 is 0 Å². The lowest BCUT2D eigenvalue weighted by atomic mass is 9.65. The number of nitrogens with one attached hydrogen (secondary N) is 1. The largest absolute Gasteiger partial charge is 0.508 e. The molecule has 9 rings (SSSR count). The van der Waals surface area contributed by atoms with Crippen molar-refractivity contribution in [1.29, 1.82) is 0 Å². The van der Waals surface area contributed by atoms with Gasteiger partial charge in [-0.25, -0.2) is 0 Å². The monoisotopic (exact) mass is 731 g/mol. The van der Waals surface area contributed by atoms with Crippen LogP contribution < -0.4 is 15.1 Å². The van der Waals surface area contributed by atoms with E-state index < -0.39 is 6.04 Å². The van der Waals surface area contributed by atoms with Crippen LogP contribution in [0.2, 0.25) is 0 Å². The number of nitrogens with zero attached hydrogens (tertiary/aromatic N) is 4. The van der Waals surface area contributed by atoms with Gasteiger partial charge in [0, 0.05) is 94.8 Å². The summed E-state index contributed by atoms with van der Waals surface area (Å²) in [4.78, 5) is 46.5. The summed E-state index contributed by atoms with van der Waals surface area (Å²) in [7, 11) is 0. The lowest BCUT2D eigenvalue weighted by Gasteiger charge is -2.41. The maximum absolute atomic E-state index is 13.2. The molecule has 2 N–H and O–H groups in total. The molecular weight excluding hydrogens is 679 g/mol. The first kappa shape index (κ1) is 35.3. The van der Waals surface area contributed by atoms with E-state index in [4.69, 9.17) is 4.74 Å². The molecule has 0 unspecified atom stereocenters. The Labute approximate surface area is 318 Å². The number of imide groups is 1. The average molecular weight is 732 g/mol. The molecule has 54 heavy (non-hydrogen) atoms. The quantitative estimate of drug-likeness (QED) is 0.315. The van der Waals surface area contributed by atoms with Gasteiger partial charge in [0.15, 0.2) is 0 Å². The molecule has 3 amide bonds. The number of hydrogen-bond acceptors (Lipinski definition) is 8. The number of phenolic OH excluding ortho intramolecular Hbond substituents is 1. The topological polar surface area (TPSA) is 106 Å². The predicted octanol–water partition coefficient (Wildman–Crippen LogP) is 5.31. The van der Waals surface area contributed by atoms with Crippen molar-refractivity contribution in [3.63, 3.8) is 0 Å². The number of anilines is 2. The zero-order chi connectivity index (χ0) is 36.8. The molecule has 4 fully saturated rings. The van der Waals surface area contributed by atoms with Crippen LogP contribution in [0, 0.1) is 17.8 Å². The minimum atomic E-state index is -0.583. The standard InChI is InChI=1S/C44H53N5O5/c50-36-7-10-38-32(26-36)3-8-37(30-15-23-54-24-16-30)42(38)31-1-4-34(5-2-31)47-17-13-29(14-18-47)27-46-19-21-48(22-20-46)35-6-9-39-33(25-35)28-49(44(39)53)40-11-12-41(51)45-43(40)52/h1-2,4-7,9-10,25-26,29-30,37,40,42,50H,3,8,11-24,27-28H2,(H,45,51,52)/t37-,40+,42+/m1/s1. The number of aromatic hydroxyl groups is 1. The third-order valence-corrected chi connectivity index (χ3v) is 13.5. The summed E-state index contributed by atoms with van der Waals surface area (Å²) in [6.45, 7) is 9.44. The highest BCUT2D eigenvalue weighted by atomic mass is 16.5. The van der Waals surface area contributed by atoms with Gasteiger partial charge in [0.05, 0.1) is 0 Å². The number of carbonyl (C=O) groups excluding carboxylic acids is 3. The Bertz CT molecular complexity index is 1880. The Balaban J connectivity index is 0.773. The van der Waals surface area contributed by atoms with E-state index in [1.54, 1.807) is 4.90 Å². The molecule has 4 saturated heterocycles. The molecule has 3 atom stereocenters. The molecule has 3 aromatic carbocycles. The van der Waals surface area contributed by atoms with E-state index in [0.29, 0.717) is 48.0 Å². The second-order valence-corrected chi connectivity index (χ2v) is 16.6. The minimum absolute atomic E-state index is 0.119. The smallest absolute Gasteiger partial charge is 0.255 e. The zero-order valence-corrected chi connectivity index (χ0v) is 31.3. The molecule has 5 aliphatic heterocycles. The van der Waals surface area contributed by atoms with Crippen molar-refractivity contribution in [1.82, 2.24) is 15.1 Å². The second kappa shape index (κ2) is 15.0. The van der Waals surface area contributed by atoms with Crippen molar-refractivity contribution in [2.24, 2.45) is 17.8 Å². The van der Waals surface area contributed by atoms with E-state index in [1.807, 2.05) is 24.3 Å². The van der Waals surface area contributed by atoms with Crippen molar-refractivity contribution >= 4 is 29.1 Å². The Morgan fingerprint density at radius 2 is 1.46 bits per heavy atom. The van der Waals surface area contributed by atoms with Gasteiger partial charge in [-0.1, -0.05) is 18.2 Å². The summed E-state index contributed by atoms with van der Waals surface area (Å²) in [5.41, 5.74) is 8.19. The summed E-state index contributed by atoms with van der Waals surface area (Å²) >= 11 is 0. The van der Waals surface area contributed by atoms with E-state index in [-0.39, 0.29) is 24.1 Å². The molecule has 0 saturated carbocycles. The number of piperidine rings is 2. The number of benzene rings is 3. The third kappa shape index (κ3) is 6.99. The molecule has 1 aliphatic carbocycles. The van der Waals surface area contributed by atoms with Crippen LogP contribution in [0.15, 0.2) is 60.7 Å². The molecule has 284 valence electrons. The molecule has 0 spiro atoms. The summed E-state index contributed by atoms with van der Waals surface area (Å²) in [6.07, 6.45) is 7.55. The number of phenols is 1. The average Bonchev–Trinajstić information content (AvgIpc) is 3.53. The Morgan fingerprint density at radius 1 is 0.722 bits per heavy atom. The number of amides is 3. The van der Waals surface area contributed by atoms with E-state index in [9.17, 15) is 19.5 Å². The molecule has 10 heteroatoms. The van der Waals surface area contributed by atoms with Gasteiger partial charge in [-0.3, -0.25) is 24.6 Å². The molecule has 6 aliphatic rings. The SMILES string of the molecule is O=C1CC[C@H](N2Cc3cc(N4CCN(CC5CCN(c6ccc([C@@H]7c8ccc(O)cc8CC[C@@H]7C7CCOCC7)cc6)CC5)CC4)ccc3C2=O)C(=O)N1. The minimum Gasteiger partial charge on any atom is -0.508 e. The van der Waals surface area contributed by atoms with E-state index in [0.717, 1.165) is 89.5 Å². The number of piperazine rings is 1. The fraction of sp³-hybridized carbons (Fsp3) is 0.523. The fourth-order valence-electron chi connectivity index (χ4n) is 10.5. The van der Waals surface area contributed by atoms with Gasteiger partial charge in [0.1, 0.15) is 11.8 Å². The fourth-order valence-corrected chi connectivity index (χ4v) is 10.5. The number of aryl methyl sites for hydroxylation is 1. The van der Waals surface area contributed by atoms with E-state index in [2.05, 4.69) is 56.4 Å². The zero-order valence-electron chi connectivity index (χ0n) is 31.3. The molecule has 0 aromatic heterocycles. The maximum atomic E-state index is 13.2. The van der Waals surface area contributed by atoms with Gasteiger partial charge in [0.2, 0.25) is 11.8 Å². The molecule has 0 bridgehead atoms. The van der Waals surface area contributed by atoms with Crippen molar-refractivity contribution in [3.8, 4) is 5.75 Å². The van der Waals surface area contributed by atoms with Crippen LogP contribution in [-0.4, -0.2) is 97.7 Å². The van der Waals surface area contributed by atoms with E-state index in [1.165, 1.54) is 41.6 Å². The van der Waals surface area contributed by atoms with Crippen LogP contribution in [0.1, 0.15) is 83.5 Å². The molecule has 10 nitrogen and oxygen atoms in total. The van der Waals surface area contributed by atoms with Gasteiger partial charge in [-0.2, -0.15) is 0 Å². The summed E-state index contributed by atoms with van der Waals surface area (Å²) in [5, 5.41) is 12.6. The van der Waals surface area contributed by atoms with Crippen molar-refractivity contribution < 1.29 is 24.2 Å². The van der Waals surface area contributed by atoms with Crippen molar-refractivity contribution in [2.75, 3.05) is 68.8 Å². The second-order valence-electron chi connectivity index (χ2n) is 16.6. The number of rotatable bonds is 7. The highest BCUT2D eigenvalue weighted by Crippen LogP contribution is 2.47. The van der Waals surface area contributed by atoms with Gasteiger partial charge >= 0.3 is 0 Å². The number of ether oxygens (including phenoxy) is 1. The Morgan fingerprint density at radius 3 is 2.22 bits per heavy atom. The Hall–Kier alpha value is -4.41. The summed E-state index contributed by atoms with van der Waals surface area (Å²) in [5.74, 6) is 1.96. The molecular formula is C44H53N5O5. The first-order valence-corrected chi connectivity index (χ1v) is 20.4. The number of hydrogen-bond donors (Lipinski definition) is 2. The number of carbonyl (C=O) groups is 3. The van der Waals surface area contributed by atoms with Crippen LogP contribution in [-0.2, 0) is 27.3 Å². The highest BCUT2D eigenvalue weighted by Gasteiger charge is 2.40. The first-order chi connectivity index (χ1) is 26.4. The first-order valence-electron chi connectivity index (χ1n) is 20.4. The van der Waals surface area contributed by atoms with Gasteiger partial charge in [-0.05, 0) is 127 Å². The maximum Gasteiger partial charge on any atom is 0.255 e. The summed E-state index contributed by atoms with van der Waals surface area (Å²) in [6, 6.07) is 21.0. The normalized spacial score (nSPS) is 25.8. The van der Waals surface area contributed by atoms with Gasteiger partial charge in [0.25, 0.3) is 5.91 Å². The predicted molar refractivity (Wildman–Crippen MR) is 208 cm³/mol. The highest BCUT2D eigenvalue weighted by molar-refractivity contribution is 6.05. The molecule has 5 heterocycles. The van der Waals surface area contributed by atoms with Crippen LogP contribution in [0.5, 0.6) is 5.75 Å². The molecule has 0 radical (unpaired) electrons.